The van der Waals surface area contributed by atoms with Gasteiger partial charge in [-0.05, 0) is 43.4 Å². The fourth-order valence-electron chi connectivity index (χ4n) is 2.58. The van der Waals surface area contributed by atoms with Gasteiger partial charge in [0, 0.05) is 18.8 Å². The molecule has 1 atom stereocenters. The molecule has 1 fully saturated rings. The van der Waals surface area contributed by atoms with E-state index in [2.05, 4.69) is 10.4 Å². The lowest BCUT2D eigenvalue weighted by molar-refractivity contribution is 0.0918. The van der Waals surface area contributed by atoms with Crippen LogP contribution in [0.1, 0.15) is 29.8 Å². The Labute approximate surface area is 131 Å². The summed E-state index contributed by atoms with van der Waals surface area (Å²) in [7, 11) is 0. The van der Waals surface area contributed by atoms with Gasteiger partial charge in [0.2, 0.25) is 0 Å². The smallest absolute Gasteiger partial charge is 0.272 e. The van der Waals surface area contributed by atoms with Crippen molar-refractivity contribution in [1.29, 1.82) is 0 Å². The Morgan fingerprint density at radius 2 is 2.04 bits per heavy atom. The number of para-hydroxylation sites is 1. The van der Waals surface area contributed by atoms with Crippen molar-refractivity contribution in [1.82, 2.24) is 15.1 Å². The van der Waals surface area contributed by atoms with Crippen LogP contribution in [0.15, 0.2) is 30.5 Å². The van der Waals surface area contributed by atoms with E-state index in [1.807, 2.05) is 0 Å². The molecule has 3 rings (SSSR count). The molecule has 1 saturated carbocycles. The lowest BCUT2D eigenvalue weighted by atomic mass is 10.1. The highest BCUT2D eigenvalue weighted by Gasteiger charge is 2.32. The second-order valence-electron chi connectivity index (χ2n) is 5.65. The molecule has 1 aromatic carbocycles. The van der Waals surface area contributed by atoms with Crippen LogP contribution < -0.4 is 5.32 Å². The summed E-state index contributed by atoms with van der Waals surface area (Å²) in [6.07, 6.45) is 3.88. The van der Waals surface area contributed by atoms with Crippen LogP contribution in [0, 0.1) is 17.6 Å². The number of hydrogen-bond acceptors (Lipinski definition) is 3. The monoisotopic (exact) mass is 321 g/mol. The zero-order valence-corrected chi connectivity index (χ0v) is 12.4. The standard InChI is InChI=1S/C16H17F2N3O2/c17-11-2-1-3-12(18)15(11)21-8-6-14(20-21)16(23)19-13(7-9-22)10-4-5-10/h1-3,6,8,10,13,22H,4-5,7,9H2,(H,19,23). The normalized spacial score (nSPS) is 15.4. The highest BCUT2D eigenvalue weighted by atomic mass is 19.1. The molecule has 0 spiro atoms. The number of aliphatic hydroxyl groups excluding tert-OH is 1. The van der Waals surface area contributed by atoms with Crippen molar-refractivity contribution in [2.45, 2.75) is 25.3 Å². The molecule has 0 saturated heterocycles. The van der Waals surface area contributed by atoms with Crippen LogP contribution in [0.4, 0.5) is 8.78 Å². The maximum Gasteiger partial charge on any atom is 0.272 e. The molecule has 7 heteroatoms. The molecule has 0 bridgehead atoms. The molecule has 1 aromatic heterocycles. The number of aromatic nitrogens is 2. The van der Waals surface area contributed by atoms with Gasteiger partial charge in [0.05, 0.1) is 0 Å². The van der Waals surface area contributed by atoms with E-state index in [1.165, 1.54) is 18.3 Å². The Hall–Kier alpha value is -2.28. The number of amides is 1. The van der Waals surface area contributed by atoms with Crippen LogP contribution in [0.5, 0.6) is 0 Å². The average molecular weight is 321 g/mol. The van der Waals surface area contributed by atoms with Crippen molar-refractivity contribution in [3.63, 3.8) is 0 Å². The van der Waals surface area contributed by atoms with Gasteiger partial charge in [0.1, 0.15) is 5.69 Å². The van der Waals surface area contributed by atoms with Crippen molar-refractivity contribution < 1.29 is 18.7 Å². The molecular weight excluding hydrogens is 304 g/mol. The molecule has 1 unspecified atom stereocenters. The third kappa shape index (κ3) is 3.39. The summed E-state index contributed by atoms with van der Waals surface area (Å²) in [5.74, 6) is -1.53. The summed E-state index contributed by atoms with van der Waals surface area (Å²) in [5, 5.41) is 15.8. The van der Waals surface area contributed by atoms with Crippen molar-refractivity contribution in [2.75, 3.05) is 6.61 Å². The van der Waals surface area contributed by atoms with E-state index < -0.39 is 17.5 Å². The number of hydrogen-bond donors (Lipinski definition) is 2. The maximum absolute atomic E-state index is 13.7. The largest absolute Gasteiger partial charge is 0.396 e. The third-order valence-electron chi connectivity index (χ3n) is 3.94. The van der Waals surface area contributed by atoms with E-state index in [-0.39, 0.29) is 24.0 Å². The van der Waals surface area contributed by atoms with Gasteiger partial charge in [-0.25, -0.2) is 13.5 Å². The zero-order valence-electron chi connectivity index (χ0n) is 12.4. The van der Waals surface area contributed by atoms with E-state index >= 15 is 0 Å². The number of nitrogens with zero attached hydrogens (tertiary/aromatic N) is 2. The molecule has 1 aliphatic rings. The van der Waals surface area contributed by atoms with Gasteiger partial charge in [0.25, 0.3) is 5.91 Å². The molecule has 2 aromatic rings. The third-order valence-corrected chi connectivity index (χ3v) is 3.94. The van der Waals surface area contributed by atoms with Crippen LogP contribution in [0.25, 0.3) is 5.69 Å². The minimum Gasteiger partial charge on any atom is -0.396 e. The first-order valence-corrected chi connectivity index (χ1v) is 7.52. The molecule has 122 valence electrons. The molecule has 1 heterocycles. The minimum atomic E-state index is -0.754. The molecular formula is C16H17F2N3O2. The van der Waals surface area contributed by atoms with Crippen molar-refractivity contribution in [2.24, 2.45) is 5.92 Å². The molecule has 1 aliphatic carbocycles. The molecule has 5 nitrogen and oxygen atoms in total. The molecule has 23 heavy (non-hydrogen) atoms. The minimum absolute atomic E-state index is 0.00365. The lowest BCUT2D eigenvalue weighted by Crippen LogP contribution is -2.37. The first kappa shape index (κ1) is 15.6. The Morgan fingerprint density at radius 3 is 2.65 bits per heavy atom. The summed E-state index contributed by atoms with van der Waals surface area (Å²) in [6, 6.07) is 4.83. The summed E-state index contributed by atoms with van der Waals surface area (Å²) in [5.41, 5.74) is -0.239. The molecule has 1 amide bonds. The second-order valence-corrected chi connectivity index (χ2v) is 5.65. The van der Waals surface area contributed by atoms with Gasteiger partial charge >= 0.3 is 0 Å². The summed E-state index contributed by atoms with van der Waals surface area (Å²) < 4.78 is 28.5. The molecule has 0 aliphatic heterocycles. The molecule has 2 N–H and O–H groups in total. The highest BCUT2D eigenvalue weighted by Crippen LogP contribution is 2.34. The van der Waals surface area contributed by atoms with Crippen LogP contribution in [0.3, 0.4) is 0 Å². The van der Waals surface area contributed by atoms with Crippen LogP contribution in [0.2, 0.25) is 0 Å². The van der Waals surface area contributed by atoms with Gasteiger partial charge in [0.15, 0.2) is 17.3 Å². The lowest BCUT2D eigenvalue weighted by Gasteiger charge is -2.16. The van der Waals surface area contributed by atoms with Gasteiger partial charge < -0.3 is 10.4 Å². The fourth-order valence-corrected chi connectivity index (χ4v) is 2.58. The van der Waals surface area contributed by atoms with Gasteiger partial charge in [-0.1, -0.05) is 6.07 Å². The first-order valence-electron chi connectivity index (χ1n) is 7.52. The predicted octanol–water partition coefficient (Wildman–Crippen LogP) is 2.04. The summed E-state index contributed by atoms with van der Waals surface area (Å²) in [4.78, 5) is 12.2. The van der Waals surface area contributed by atoms with E-state index in [1.54, 1.807) is 0 Å². The SMILES string of the molecule is O=C(NC(CCO)C1CC1)c1ccn(-c2c(F)cccc2F)n1. The number of carbonyl (C=O) groups excluding carboxylic acids is 1. The van der Waals surface area contributed by atoms with Crippen LogP contribution in [-0.2, 0) is 0 Å². The highest BCUT2D eigenvalue weighted by molar-refractivity contribution is 5.92. The van der Waals surface area contributed by atoms with Gasteiger partial charge in [-0.15, -0.1) is 0 Å². The number of carbonyl (C=O) groups is 1. The van der Waals surface area contributed by atoms with E-state index in [9.17, 15) is 13.6 Å². The Kier molecular flexibility index (Phi) is 4.38. The average Bonchev–Trinajstić information content (AvgIpc) is 3.25. The predicted molar refractivity (Wildman–Crippen MR) is 79.2 cm³/mol. The maximum atomic E-state index is 13.7. The van der Waals surface area contributed by atoms with Crippen molar-refractivity contribution in [3.8, 4) is 5.69 Å². The number of aliphatic hydroxyl groups is 1. The first-order chi connectivity index (χ1) is 11.1. The quantitative estimate of drug-likeness (QED) is 0.855. The van der Waals surface area contributed by atoms with Gasteiger partial charge in [-0.2, -0.15) is 5.10 Å². The van der Waals surface area contributed by atoms with E-state index in [0.717, 1.165) is 29.7 Å². The topological polar surface area (TPSA) is 67.2 Å². The fraction of sp³-hybridized carbons (Fsp3) is 0.375. The van der Waals surface area contributed by atoms with Crippen molar-refractivity contribution >= 4 is 5.91 Å². The number of nitrogens with one attached hydrogen (secondary N) is 1. The molecule has 0 radical (unpaired) electrons. The van der Waals surface area contributed by atoms with Gasteiger partial charge in [-0.3, -0.25) is 4.79 Å². The number of halogens is 2. The number of rotatable bonds is 6. The Bertz CT molecular complexity index is 693. The van der Waals surface area contributed by atoms with Crippen LogP contribution >= 0.6 is 0 Å². The van der Waals surface area contributed by atoms with Crippen molar-refractivity contribution in [3.05, 3.63) is 47.8 Å². The zero-order chi connectivity index (χ0) is 16.4. The second kappa shape index (κ2) is 6.45. The van der Waals surface area contributed by atoms with Crippen LogP contribution in [-0.4, -0.2) is 33.4 Å². The summed E-state index contributed by atoms with van der Waals surface area (Å²) in [6.45, 7) is -0.00365. The van der Waals surface area contributed by atoms with E-state index in [4.69, 9.17) is 5.11 Å². The summed E-state index contributed by atoms with van der Waals surface area (Å²) >= 11 is 0. The Balaban J connectivity index is 1.77. The Morgan fingerprint density at radius 1 is 1.35 bits per heavy atom. The number of benzene rings is 1. The van der Waals surface area contributed by atoms with E-state index in [0.29, 0.717) is 12.3 Å².